The van der Waals surface area contributed by atoms with Crippen LogP contribution in [0.5, 0.6) is 11.5 Å². The molecule has 0 bridgehead atoms. The van der Waals surface area contributed by atoms with E-state index >= 15 is 0 Å². The van der Waals surface area contributed by atoms with Crippen molar-refractivity contribution in [3.8, 4) is 11.5 Å². The first-order valence-corrected chi connectivity index (χ1v) is 6.56. The lowest BCUT2D eigenvalue weighted by Crippen LogP contribution is -2.15. The Morgan fingerprint density at radius 2 is 2.00 bits per heavy atom. The SMILES string of the molecule is COc1cccc(CNCc2cccc(C(N)=O)c2)c1O. The van der Waals surface area contributed by atoms with E-state index in [0.717, 1.165) is 11.1 Å². The quantitative estimate of drug-likeness (QED) is 0.756. The fourth-order valence-electron chi connectivity index (χ4n) is 2.05. The average Bonchev–Trinajstić information content (AvgIpc) is 2.49. The number of carbonyl (C=O) groups excluding carboxylic acids is 1. The minimum Gasteiger partial charge on any atom is -0.504 e. The zero-order valence-corrected chi connectivity index (χ0v) is 11.8. The van der Waals surface area contributed by atoms with Crippen LogP contribution in [-0.4, -0.2) is 18.1 Å². The Hall–Kier alpha value is -2.53. The van der Waals surface area contributed by atoms with Gasteiger partial charge in [0.2, 0.25) is 5.91 Å². The summed E-state index contributed by atoms with van der Waals surface area (Å²) in [5.74, 6) is 0.144. The number of phenols is 1. The van der Waals surface area contributed by atoms with Gasteiger partial charge in [0.05, 0.1) is 7.11 Å². The van der Waals surface area contributed by atoms with E-state index in [2.05, 4.69) is 5.32 Å². The lowest BCUT2D eigenvalue weighted by molar-refractivity contribution is 0.1000. The minimum atomic E-state index is -0.442. The molecule has 0 spiro atoms. The van der Waals surface area contributed by atoms with Gasteiger partial charge in [-0.3, -0.25) is 4.79 Å². The Bertz CT molecular complexity index is 641. The fourth-order valence-corrected chi connectivity index (χ4v) is 2.05. The molecule has 0 fully saturated rings. The molecule has 0 aliphatic heterocycles. The summed E-state index contributed by atoms with van der Waals surface area (Å²) in [6.07, 6.45) is 0. The van der Waals surface area contributed by atoms with Crippen molar-refractivity contribution in [1.82, 2.24) is 5.32 Å². The molecule has 21 heavy (non-hydrogen) atoms. The van der Waals surface area contributed by atoms with Crippen molar-refractivity contribution in [1.29, 1.82) is 0 Å². The van der Waals surface area contributed by atoms with Crippen molar-refractivity contribution in [2.45, 2.75) is 13.1 Å². The molecule has 4 N–H and O–H groups in total. The number of methoxy groups -OCH3 is 1. The molecule has 0 saturated heterocycles. The topological polar surface area (TPSA) is 84.6 Å². The van der Waals surface area contributed by atoms with Crippen LogP contribution >= 0.6 is 0 Å². The summed E-state index contributed by atoms with van der Waals surface area (Å²) < 4.78 is 5.06. The largest absolute Gasteiger partial charge is 0.504 e. The van der Waals surface area contributed by atoms with Gasteiger partial charge in [0.15, 0.2) is 11.5 Å². The Kier molecular flexibility index (Phi) is 4.79. The van der Waals surface area contributed by atoms with Crippen molar-refractivity contribution in [3.63, 3.8) is 0 Å². The fraction of sp³-hybridized carbons (Fsp3) is 0.188. The molecule has 0 heterocycles. The van der Waals surface area contributed by atoms with Gasteiger partial charge in [0.1, 0.15) is 0 Å². The molecule has 5 heteroatoms. The predicted molar refractivity (Wildman–Crippen MR) is 80.2 cm³/mol. The summed E-state index contributed by atoms with van der Waals surface area (Å²) in [6.45, 7) is 1.06. The monoisotopic (exact) mass is 286 g/mol. The Balaban J connectivity index is 1.99. The smallest absolute Gasteiger partial charge is 0.248 e. The summed E-state index contributed by atoms with van der Waals surface area (Å²) in [6, 6.07) is 12.5. The number of rotatable bonds is 6. The number of nitrogens with two attached hydrogens (primary N) is 1. The highest BCUT2D eigenvalue weighted by Crippen LogP contribution is 2.29. The number of carbonyl (C=O) groups is 1. The second-order valence-electron chi connectivity index (χ2n) is 4.64. The van der Waals surface area contributed by atoms with Gasteiger partial charge in [-0.2, -0.15) is 0 Å². The molecule has 0 unspecified atom stereocenters. The number of hydrogen-bond acceptors (Lipinski definition) is 4. The normalized spacial score (nSPS) is 10.3. The molecule has 0 aromatic heterocycles. The molecule has 0 atom stereocenters. The minimum absolute atomic E-state index is 0.137. The van der Waals surface area contributed by atoms with Crippen molar-refractivity contribution in [2.24, 2.45) is 5.73 Å². The van der Waals surface area contributed by atoms with Crippen molar-refractivity contribution in [3.05, 3.63) is 59.2 Å². The summed E-state index contributed by atoms with van der Waals surface area (Å²) >= 11 is 0. The van der Waals surface area contributed by atoms with Crippen LogP contribution in [0.2, 0.25) is 0 Å². The molecular formula is C16H18N2O3. The Morgan fingerprint density at radius 1 is 1.24 bits per heavy atom. The molecular weight excluding hydrogens is 268 g/mol. The first kappa shape index (κ1) is 14.9. The number of primary amides is 1. The number of benzene rings is 2. The zero-order valence-electron chi connectivity index (χ0n) is 11.8. The molecule has 0 aliphatic carbocycles. The number of para-hydroxylation sites is 1. The lowest BCUT2D eigenvalue weighted by atomic mass is 10.1. The maximum Gasteiger partial charge on any atom is 0.248 e. The van der Waals surface area contributed by atoms with Crippen LogP contribution in [0, 0.1) is 0 Å². The number of phenolic OH excluding ortho intramolecular Hbond substituents is 1. The molecule has 1 amide bonds. The summed E-state index contributed by atoms with van der Waals surface area (Å²) in [7, 11) is 1.52. The van der Waals surface area contributed by atoms with Gasteiger partial charge >= 0.3 is 0 Å². The van der Waals surface area contributed by atoms with E-state index in [-0.39, 0.29) is 5.75 Å². The van der Waals surface area contributed by atoms with Crippen LogP contribution < -0.4 is 15.8 Å². The van der Waals surface area contributed by atoms with Crippen molar-refractivity contribution >= 4 is 5.91 Å². The molecule has 5 nitrogen and oxygen atoms in total. The molecule has 110 valence electrons. The molecule has 2 aromatic carbocycles. The van der Waals surface area contributed by atoms with Crippen molar-refractivity contribution < 1.29 is 14.6 Å². The number of nitrogens with one attached hydrogen (secondary N) is 1. The molecule has 2 aromatic rings. The van der Waals surface area contributed by atoms with Gasteiger partial charge < -0.3 is 20.9 Å². The highest BCUT2D eigenvalue weighted by molar-refractivity contribution is 5.92. The number of hydrogen-bond donors (Lipinski definition) is 3. The first-order valence-electron chi connectivity index (χ1n) is 6.56. The van der Waals surface area contributed by atoms with E-state index in [9.17, 15) is 9.90 Å². The second-order valence-corrected chi connectivity index (χ2v) is 4.64. The third kappa shape index (κ3) is 3.73. The van der Waals surface area contributed by atoms with Crippen LogP contribution in [-0.2, 0) is 13.1 Å². The molecule has 0 aliphatic rings. The van der Waals surface area contributed by atoms with E-state index in [4.69, 9.17) is 10.5 Å². The summed E-state index contributed by atoms with van der Waals surface area (Å²) in [4.78, 5) is 11.1. The van der Waals surface area contributed by atoms with Gasteiger partial charge in [-0.25, -0.2) is 0 Å². The highest BCUT2D eigenvalue weighted by Gasteiger charge is 2.07. The summed E-state index contributed by atoms with van der Waals surface area (Å²) in [5, 5.41) is 13.2. The van der Waals surface area contributed by atoms with E-state index < -0.39 is 5.91 Å². The van der Waals surface area contributed by atoms with E-state index in [1.807, 2.05) is 18.2 Å². The summed E-state index contributed by atoms with van der Waals surface area (Å²) in [5.41, 5.74) is 7.44. The van der Waals surface area contributed by atoms with Crippen LogP contribution in [0.15, 0.2) is 42.5 Å². The van der Waals surface area contributed by atoms with Crippen LogP contribution in [0.4, 0.5) is 0 Å². The van der Waals surface area contributed by atoms with Crippen LogP contribution in [0.25, 0.3) is 0 Å². The van der Waals surface area contributed by atoms with Crippen LogP contribution in [0.1, 0.15) is 21.5 Å². The third-order valence-corrected chi connectivity index (χ3v) is 3.16. The maximum atomic E-state index is 11.1. The molecule has 0 saturated carbocycles. The second kappa shape index (κ2) is 6.76. The van der Waals surface area contributed by atoms with E-state index in [1.165, 1.54) is 7.11 Å². The number of aromatic hydroxyl groups is 1. The lowest BCUT2D eigenvalue weighted by Gasteiger charge is -2.10. The average molecular weight is 286 g/mol. The van der Waals surface area contributed by atoms with Gasteiger partial charge in [-0.15, -0.1) is 0 Å². The zero-order chi connectivity index (χ0) is 15.2. The van der Waals surface area contributed by atoms with E-state index in [1.54, 1.807) is 24.3 Å². The number of amides is 1. The molecule has 0 radical (unpaired) electrons. The predicted octanol–water partition coefficient (Wildman–Crippen LogP) is 1.79. The van der Waals surface area contributed by atoms with Gasteiger partial charge in [-0.1, -0.05) is 24.3 Å². The third-order valence-electron chi connectivity index (χ3n) is 3.16. The number of ether oxygens (including phenoxy) is 1. The maximum absolute atomic E-state index is 11.1. The molecule has 2 rings (SSSR count). The first-order chi connectivity index (χ1) is 10.1. The van der Waals surface area contributed by atoms with Gasteiger partial charge in [0.25, 0.3) is 0 Å². The highest BCUT2D eigenvalue weighted by atomic mass is 16.5. The standard InChI is InChI=1S/C16H18N2O3/c1-21-14-7-3-6-13(15(14)19)10-18-9-11-4-2-5-12(8-11)16(17)20/h2-8,18-19H,9-10H2,1H3,(H2,17,20). The van der Waals surface area contributed by atoms with Crippen LogP contribution in [0.3, 0.4) is 0 Å². The Morgan fingerprint density at radius 3 is 2.71 bits per heavy atom. The van der Waals surface area contributed by atoms with E-state index in [0.29, 0.717) is 24.4 Å². The van der Waals surface area contributed by atoms with Crippen molar-refractivity contribution in [2.75, 3.05) is 7.11 Å². The van der Waals surface area contributed by atoms with Gasteiger partial charge in [-0.05, 0) is 23.8 Å². The van der Waals surface area contributed by atoms with Gasteiger partial charge in [0, 0.05) is 24.2 Å². The Labute approximate surface area is 123 Å².